The van der Waals surface area contributed by atoms with E-state index in [4.69, 9.17) is 0 Å². The van der Waals surface area contributed by atoms with Crippen molar-refractivity contribution in [1.29, 1.82) is 0 Å². The predicted molar refractivity (Wildman–Crippen MR) is 105 cm³/mol. The average Bonchev–Trinajstić information content (AvgIpc) is 2.91. The SMILES string of the molecule is Cc1nn(C)c(C)c1CCC(=O)NCC1(N2CCCCC2)CCCCC1. The average molecular weight is 361 g/mol. The third kappa shape index (κ3) is 4.30. The summed E-state index contributed by atoms with van der Waals surface area (Å²) in [6.07, 6.45) is 11.8. The van der Waals surface area contributed by atoms with Crippen molar-refractivity contribution in [1.82, 2.24) is 20.0 Å². The number of likely N-dealkylation sites (tertiary alicyclic amines) is 1. The Labute approximate surface area is 158 Å². The van der Waals surface area contributed by atoms with Crippen molar-refractivity contribution in [3.8, 4) is 0 Å². The molecule has 3 rings (SSSR count). The van der Waals surface area contributed by atoms with Gasteiger partial charge in [0.15, 0.2) is 0 Å². The first kappa shape index (κ1) is 19.4. The lowest BCUT2D eigenvalue weighted by Gasteiger charge is -2.48. The summed E-state index contributed by atoms with van der Waals surface area (Å²) in [5, 5.41) is 7.76. The van der Waals surface area contributed by atoms with Crippen LogP contribution in [0.5, 0.6) is 0 Å². The standard InChI is InChI=1S/C21H36N4O/c1-17-19(18(2)24(3)23-17)10-11-20(26)22-16-21(12-6-4-7-13-21)25-14-8-5-9-15-25/h4-16H2,1-3H3,(H,22,26). The highest BCUT2D eigenvalue weighted by Crippen LogP contribution is 2.35. The van der Waals surface area contributed by atoms with Gasteiger partial charge in [0.25, 0.3) is 0 Å². The molecule has 1 N–H and O–H groups in total. The summed E-state index contributed by atoms with van der Waals surface area (Å²) in [6.45, 7) is 7.37. The van der Waals surface area contributed by atoms with Gasteiger partial charge in [0.1, 0.15) is 0 Å². The van der Waals surface area contributed by atoms with Crippen molar-refractivity contribution < 1.29 is 4.79 Å². The largest absolute Gasteiger partial charge is 0.354 e. The van der Waals surface area contributed by atoms with Gasteiger partial charge in [-0.2, -0.15) is 5.10 Å². The molecule has 0 aromatic carbocycles. The Morgan fingerprint density at radius 2 is 1.73 bits per heavy atom. The van der Waals surface area contributed by atoms with Crippen molar-refractivity contribution in [2.75, 3.05) is 19.6 Å². The Morgan fingerprint density at radius 1 is 1.08 bits per heavy atom. The van der Waals surface area contributed by atoms with Gasteiger partial charge in [-0.1, -0.05) is 25.7 Å². The maximum Gasteiger partial charge on any atom is 0.220 e. The van der Waals surface area contributed by atoms with E-state index in [1.807, 2.05) is 18.7 Å². The zero-order valence-corrected chi connectivity index (χ0v) is 16.9. The summed E-state index contributed by atoms with van der Waals surface area (Å²) in [4.78, 5) is 15.3. The van der Waals surface area contributed by atoms with Gasteiger partial charge in [0.05, 0.1) is 5.69 Å². The van der Waals surface area contributed by atoms with Crippen LogP contribution in [0.15, 0.2) is 0 Å². The summed E-state index contributed by atoms with van der Waals surface area (Å²) >= 11 is 0. The molecule has 5 heteroatoms. The van der Waals surface area contributed by atoms with E-state index in [1.165, 1.54) is 75.7 Å². The molecule has 2 heterocycles. The highest BCUT2D eigenvalue weighted by atomic mass is 16.1. The smallest absolute Gasteiger partial charge is 0.220 e. The monoisotopic (exact) mass is 360 g/mol. The molecule has 0 radical (unpaired) electrons. The zero-order valence-electron chi connectivity index (χ0n) is 16.9. The lowest BCUT2D eigenvalue weighted by molar-refractivity contribution is -0.122. The highest BCUT2D eigenvalue weighted by Gasteiger charge is 2.38. The normalized spacial score (nSPS) is 20.9. The molecule has 1 aromatic rings. The van der Waals surface area contributed by atoms with Crippen molar-refractivity contribution in [2.24, 2.45) is 7.05 Å². The molecule has 5 nitrogen and oxygen atoms in total. The van der Waals surface area contributed by atoms with Crippen LogP contribution in [0.25, 0.3) is 0 Å². The molecule has 146 valence electrons. The number of piperidine rings is 1. The van der Waals surface area contributed by atoms with Crippen LogP contribution in [0.1, 0.15) is 74.7 Å². The number of aromatic nitrogens is 2. The molecular formula is C21H36N4O. The fourth-order valence-electron chi connectivity index (χ4n) is 4.95. The van der Waals surface area contributed by atoms with Crippen LogP contribution in [0.2, 0.25) is 0 Å². The molecule has 26 heavy (non-hydrogen) atoms. The van der Waals surface area contributed by atoms with Crippen molar-refractivity contribution in [3.63, 3.8) is 0 Å². The van der Waals surface area contributed by atoms with Crippen LogP contribution in [0.3, 0.4) is 0 Å². The maximum absolute atomic E-state index is 12.6. The van der Waals surface area contributed by atoms with E-state index in [2.05, 4.69) is 22.2 Å². The van der Waals surface area contributed by atoms with E-state index in [-0.39, 0.29) is 11.4 Å². The van der Waals surface area contributed by atoms with Crippen LogP contribution in [-0.4, -0.2) is 45.8 Å². The Hall–Kier alpha value is -1.36. The number of aryl methyl sites for hydroxylation is 2. The molecule has 2 aliphatic rings. The van der Waals surface area contributed by atoms with Crippen LogP contribution in [0.4, 0.5) is 0 Å². The highest BCUT2D eigenvalue weighted by molar-refractivity contribution is 5.76. The lowest BCUT2D eigenvalue weighted by Crippen LogP contribution is -2.58. The number of amides is 1. The molecule has 1 aliphatic carbocycles. The molecule has 1 aliphatic heterocycles. The number of nitrogens with zero attached hydrogens (tertiary/aromatic N) is 3. The molecule has 0 bridgehead atoms. The summed E-state index contributed by atoms with van der Waals surface area (Å²) in [7, 11) is 1.97. The summed E-state index contributed by atoms with van der Waals surface area (Å²) < 4.78 is 1.91. The second kappa shape index (κ2) is 8.55. The molecule has 1 amide bonds. The van der Waals surface area contributed by atoms with E-state index >= 15 is 0 Å². The van der Waals surface area contributed by atoms with Crippen LogP contribution >= 0.6 is 0 Å². The first-order valence-electron chi connectivity index (χ1n) is 10.5. The fourth-order valence-corrected chi connectivity index (χ4v) is 4.95. The lowest BCUT2D eigenvalue weighted by atomic mass is 9.79. The van der Waals surface area contributed by atoms with Crippen molar-refractivity contribution in [3.05, 3.63) is 17.0 Å². The predicted octanol–water partition coefficient (Wildman–Crippen LogP) is 3.27. The number of carbonyl (C=O) groups is 1. The van der Waals surface area contributed by atoms with E-state index < -0.39 is 0 Å². The van der Waals surface area contributed by atoms with Crippen LogP contribution in [-0.2, 0) is 18.3 Å². The minimum Gasteiger partial charge on any atom is -0.354 e. The molecule has 1 saturated carbocycles. The van der Waals surface area contributed by atoms with Gasteiger partial charge in [-0.05, 0) is 64.6 Å². The Bertz CT molecular complexity index is 610. The van der Waals surface area contributed by atoms with Crippen LogP contribution < -0.4 is 5.32 Å². The van der Waals surface area contributed by atoms with Gasteiger partial charge < -0.3 is 5.32 Å². The van der Waals surface area contributed by atoms with E-state index in [0.29, 0.717) is 6.42 Å². The first-order valence-corrected chi connectivity index (χ1v) is 10.5. The number of hydrogen-bond donors (Lipinski definition) is 1. The molecule has 0 atom stereocenters. The topological polar surface area (TPSA) is 50.2 Å². The molecule has 0 unspecified atom stereocenters. The van der Waals surface area contributed by atoms with Gasteiger partial charge >= 0.3 is 0 Å². The minimum absolute atomic E-state index is 0.189. The summed E-state index contributed by atoms with van der Waals surface area (Å²) in [5.41, 5.74) is 3.67. The number of rotatable bonds is 6. The number of hydrogen-bond acceptors (Lipinski definition) is 3. The van der Waals surface area contributed by atoms with Crippen LogP contribution in [0, 0.1) is 13.8 Å². The Kier molecular flexibility index (Phi) is 6.38. The quantitative estimate of drug-likeness (QED) is 0.847. The molecule has 2 fully saturated rings. The van der Waals surface area contributed by atoms with Gasteiger partial charge in [-0.15, -0.1) is 0 Å². The molecular weight excluding hydrogens is 324 g/mol. The number of carbonyl (C=O) groups excluding carboxylic acids is 1. The molecule has 0 spiro atoms. The zero-order chi connectivity index (χ0) is 18.6. The van der Waals surface area contributed by atoms with Gasteiger partial charge in [-0.3, -0.25) is 14.4 Å². The summed E-state index contributed by atoms with van der Waals surface area (Å²) in [6, 6.07) is 0. The third-order valence-corrected chi connectivity index (χ3v) is 6.69. The number of nitrogens with one attached hydrogen (secondary N) is 1. The third-order valence-electron chi connectivity index (χ3n) is 6.69. The van der Waals surface area contributed by atoms with Gasteiger partial charge in [-0.25, -0.2) is 0 Å². The second-order valence-corrected chi connectivity index (χ2v) is 8.38. The Morgan fingerprint density at radius 3 is 2.35 bits per heavy atom. The van der Waals surface area contributed by atoms with Gasteiger partial charge in [0, 0.05) is 31.2 Å². The minimum atomic E-state index is 0.189. The fraction of sp³-hybridized carbons (Fsp3) is 0.810. The Balaban J connectivity index is 1.55. The van der Waals surface area contributed by atoms with E-state index in [0.717, 1.165) is 18.7 Å². The maximum atomic E-state index is 12.6. The van der Waals surface area contributed by atoms with E-state index in [1.54, 1.807) is 0 Å². The molecule has 1 saturated heterocycles. The summed E-state index contributed by atoms with van der Waals surface area (Å²) in [5.74, 6) is 0.189. The first-order chi connectivity index (χ1) is 12.5. The van der Waals surface area contributed by atoms with E-state index in [9.17, 15) is 4.79 Å². The second-order valence-electron chi connectivity index (χ2n) is 8.38. The molecule has 1 aromatic heterocycles. The van der Waals surface area contributed by atoms with Gasteiger partial charge in [0.2, 0.25) is 5.91 Å². The van der Waals surface area contributed by atoms with Crippen molar-refractivity contribution >= 4 is 5.91 Å². The van der Waals surface area contributed by atoms with Crippen molar-refractivity contribution in [2.45, 2.75) is 83.6 Å².